The monoisotopic (exact) mass is 357 g/mol. The van der Waals surface area contributed by atoms with Crippen LogP contribution in [0.2, 0.25) is 10.3 Å². The Morgan fingerprint density at radius 3 is 2.89 bits per heavy atom. The van der Waals surface area contributed by atoms with Gasteiger partial charge in [0.15, 0.2) is 5.65 Å². The van der Waals surface area contributed by atoms with E-state index in [0.717, 1.165) is 15.5 Å². The second kappa shape index (κ2) is 4.96. The van der Waals surface area contributed by atoms with Gasteiger partial charge in [-0.05, 0) is 45.7 Å². The molecule has 0 radical (unpaired) electrons. The van der Waals surface area contributed by atoms with Crippen LogP contribution in [0.1, 0.15) is 0 Å². The normalized spacial score (nSPS) is 10.9. The fraction of sp³-hybridized carbons (Fsp3) is 0. The van der Waals surface area contributed by atoms with Gasteiger partial charge in [0.25, 0.3) is 0 Å². The Hall–Kier alpha value is -1.37. The number of H-pyrrole nitrogens is 1. The third-order valence-corrected chi connectivity index (χ3v) is 3.56. The molecule has 3 rings (SSSR count). The molecule has 0 amide bonds. The van der Waals surface area contributed by atoms with Crippen molar-refractivity contribution in [1.82, 2.24) is 20.2 Å². The lowest BCUT2D eigenvalue weighted by molar-refractivity contribution is 1.09. The number of nitrogens with one attached hydrogen (secondary N) is 2. The standard InChI is InChI=1S/C11H6BrCl2N5/c12-7-2-1-5(13)3-8(7)16-9-6-4-15-19-10(6)18-11(14)17-9/h1-4H,(H2,15,16,17,18,19). The van der Waals surface area contributed by atoms with Crippen molar-refractivity contribution in [2.75, 3.05) is 5.32 Å². The zero-order chi connectivity index (χ0) is 13.4. The van der Waals surface area contributed by atoms with Crippen molar-refractivity contribution in [1.29, 1.82) is 0 Å². The Bertz CT molecular complexity index is 758. The summed E-state index contributed by atoms with van der Waals surface area (Å²) in [5.41, 5.74) is 1.35. The average Bonchev–Trinajstić information content (AvgIpc) is 2.82. The van der Waals surface area contributed by atoms with Gasteiger partial charge in [-0.15, -0.1) is 0 Å². The summed E-state index contributed by atoms with van der Waals surface area (Å²) in [5.74, 6) is 0.562. The summed E-state index contributed by atoms with van der Waals surface area (Å²) in [5, 5.41) is 11.3. The molecule has 96 valence electrons. The van der Waals surface area contributed by atoms with E-state index in [1.165, 1.54) is 0 Å². The molecular weight excluding hydrogens is 353 g/mol. The molecule has 19 heavy (non-hydrogen) atoms. The highest BCUT2D eigenvalue weighted by molar-refractivity contribution is 9.10. The van der Waals surface area contributed by atoms with Crippen LogP contribution in [-0.2, 0) is 0 Å². The van der Waals surface area contributed by atoms with Crippen LogP contribution in [-0.4, -0.2) is 20.2 Å². The lowest BCUT2D eigenvalue weighted by Gasteiger charge is -2.09. The highest BCUT2D eigenvalue weighted by atomic mass is 79.9. The van der Waals surface area contributed by atoms with Crippen LogP contribution in [0.5, 0.6) is 0 Å². The van der Waals surface area contributed by atoms with Gasteiger partial charge < -0.3 is 5.32 Å². The lowest BCUT2D eigenvalue weighted by Crippen LogP contribution is -1.97. The molecule has 8 heteroatoms. The predicted molar refractivity (Wildman–Crippen MR) is 79.1 cm³/mol. The third kappa shape index (κ3) is 2.51. The molecule has 1 aromatic carbocycles. The number of aromatic nitrogens is 4. The van der Waals surface area contributed by atoms with Gasteiger partial charge in [-0.3, -0.25) is 5.10 Å². The summed E-state index contributed by atoms with van der Waals surface area (Å²) in [6, 6.07) is 5.42. The van der Waals surface area contributed by atoms with Gasteiger partial charge in [-0.25, -0.2) is 0 Å². The first-order chi connectivity index (χ1) is 9.13. The van der Waals surface area contributed by atoms with Crippen LogP contribution in [0.25, 0.3) is 11.0 Å². The predicted octanol–water partition coefficient (Wildman–Crippen LogP) is 4.17. The summed E-state index contributed by atoms with van der Waals surface area (Å²) < 4.78 is 0.864. The van der Waals surface area contributed by atoms with Crippen LogP contribution in [0.4, 0.5) is 11.5 Å². The maximum Gasteiger partial charge on any atom is 0.226 e. The summed E-state index contributed by atoms with van der Waals surface area (Å²) in [6.45, 7) is 0. The van der Waals surface area contributed by atoms with Gasteiger partial charge in [0.2, 0.25) is 5.28 Å². The summed E-state index contributed by atoms with van der Waals surface area (Å²) in [7, 11) is 0. The molecule has 3 aromatic rings. The largest absolute Gasteiger partial charge is 0.339 e. The van der Waals surface area contributed by atoms with E-state index in [0.29, 0.717) is 16.5 Å². The molecule has 0 saturated carbocycles. The minimum Gasteiger partial charge on any atom is -0.339 e. The van der Waals surface area contributed by atoms with Gasteiger partial charge in [0.05, 0.1) is 17.3 Å². The minimum atomic E-state index is 0.136. The number of benzene rings is 1. The zero-order valence-electron chi connectivity index (χ0n) is 9.28. The quantitative estimate of drug-likeness (QED) is 0.675. The Morgan fingerprint density at radius 1 is 1.21 bits per heavy atom. The molecule has 0 aliphatic rings. The van der Waals surface area contributed by atoms with Crippen molar-refractivity contribution < 1.29 is 0 Å². The fourth-order valence-corrected chi connectivity index (χ4v) is 2.31. The van der Waals surface area contributed by atoms with Crippen LogP contribution in [0, 0.1) is 0 Å². The van der Waals surface area contributed by atoms with Crippen LogP contribution < -0.4 is 5.32 Å². The Labute approximate surface area is 126 Å². The Kier molecular flexibility index (Phi) is 3.30. The first-order valence-corrected chi connectivity index (χ1v) is 6.77. The van der Waals surface area contributed by atoms with Crippen molar-refractivity contribution in [3.8, 4) is 0 Å². The van der Waals surface area contributed by atoms with Crippen molar-refractivity contribution in [2.24, 2.45) is 0 Å². The Balaban J connectivity index is 2.10. The second-order valence-electron chi connectivity index (χ2n) is 3.72. The van der Waals surface area contributed by atoms with E-state index in [-0.39, 0.29) is 5.28 Å². The smallest absolute Gasteiger partial charge is 0.226 e. The molecule has 0 fully saturated rings. The molecule has 0 spiro atoms. The van der Waals surface area contributed by atoms with Gasteiger partial charge in [-0.2, -0.15) is 15.1 Å². The number of hydrogen-bond acceptors (Lipinski definition) is 4. The number of halogens is 3. The van der Waals surface area contributed by atoms with E-state index >= 15 is 0 Å². The third-order valence-electron chi connectivity index (χ3n) is 2.46. The molecule has 0 atom stereocenters. The van der Waals surface area contributed by atoms with Crippen molar-refractivity contribution in [3.63, 3.8) is 0 Å². The van der Waals surface area contributed by atoms with E-state index < -0.39 is 0 Å². The lowest BCUT2D eigenvalue weighted by atomic mass is 10.3. The van der Waals surface area contributed by atoms with Gasteiger partial charge >= 0.3 is 0 Å². The average molecular weight is 359 g/mol. The number of fused-ring (bicyclic) bond motifs is 1. The van der Waals surface area contributed by atoms with E-state index in [1.54, 1.807) is 18.3 Å². The van der Waals surface area contributed by atoms with E-state index in [9.17, 15) is 0 Å². The van der Waals surface area contributed by atoms with E-state index in [2.05, 4.69) is 41.4 Å². The molecule has 2 aromatic heterocycles. The van der Waals surface area contributed by atoms with Gasteiger partial charge in [-0.1, -0.05) is 11.6 Å². The summed E-state index contributed by atoms with van der Waals surface area (Å²) in [6.07, 6.45) is 1.63. The maximum absolute atomic E-state index is 5.97. The van der Waals surface area contributed by atoms with Crippen molar-refractivity contribution >= 4 is 61.7 Å². The molecule has 0 bridgehead atoms. The molecule has 0 unspecified atom stereocenters. The first kappa shape index (κ1) is 12.7. The number of anilines is 2. The number of nitrogens with zero attached hydrogens (tertiary/aromatic N) is 3. The second-order valence-corrected chi connectivity index (χ2v) is 5.35. The molecule has 0 saturated heterocycles. The first-order valence-electron chi connectivity index (χ1n) is 5.22. The van der Waals surface area contributed by atoms with Gasteiger partial charge in [0.1, 0.15) is 5.82 Å². The Morgan fingerprint density at radius 2 is 2.05 bits per heavy atom. The van der Waals surface area contributed by atoms with Crippen LogP contribution in [0.3, 0.4) is 0 Å². The van der Waals surface area contributed by atoms with Crippen molar-refractivity contribution in [3.05, 3.63) is 39.2 Å². The van der Waals surface area contributed by atoms with Crippen LogP contribution in [0.15, 0.2) is 28.9 Å². The highest BCUT2D eigenvalue weighted by Gasteiger charge is 2.10. The SMILES string of the molecule is Clc1ccc(Br)c(Nc2nc(Cl)nc3[nH]ncc23)c1. The maximum atomic E-state index is 5.97. The molecule has 0 aliphatic carbocycles. The van der Waals surface area contributed by atoms with E-state index in [4.69, 9.17) is 23.2 Å². The molecular formula is C11H6BrCl2N5. The number of hydrogen-bond donors (Lipinski definition) is 2. The molecule has 2 heterocycles. The number of aromatic amines is 1. The topological polar surface area (TPSA) is 66.5 Å². The van der Waals surface area contributed by atoms with Crippen molar-refractivity contribution in [2.45, 2.75) is 0 Å². The van der Waals surface area contributed by atoms with E-state index in [1.807, 2.05) is 6.07 Å². The summed E-state index contributed by atoms with van der Waals surface area (Å²) >= 11 is 15.3. The summed E-state index contributed by atoms with van der Waals surface area (Å²) in [4.78, 5) is 8.20. The number of rotatable bonds is 2. The van der Waals surface area contributed by atoms with Gasteiger partial charge in [0, 0.05) is 9.50 Å². The zero-order valence-corrected chi connectivity index (χ0v) is 12.4. The molecule has 0 aliphatic heterocycles. The molecule has 2 N–H and O–H groups in total. The fourth-order valence-electron chi connectivity index (χ4n) is 1.62. The minimum absolute atomic E-state index is 0.136. The highest BCUT2D eigenvalue weighted by Crippen LogP contribution is 2.30. The van der Waals surface area contributed by atoms with Crippen LogP contribution >= 0.6 is 39.1 Å². The molecule has 5 nitrogen and oxygen atoms in total.